The lowest BCUT2D eigenvalue weighted by atomic mass is 10.1. The second kappa shape index (κ2) is 5.87. The average molecular weight is 308 g/mol. The Kier molecular flexibility index (Phi) is 3.75. The number of aliphatic hydroxyl groups is 1. The molecule has 0 aliphatic heterocycles. The molecule has 23 heavy (non-hydrogen) atoms. The number of benzene rings is 2. The molecule has 3 N–H and O–H groups in total. The van der Waals surface area contributed by atoms with E-state index in [4.69, 9.17) is 9.52 Å². The van der Waals surface area contributed by atoms with Gasteiger partial charge in [-0.1, -0.05) is 11.8 Å². The third-order valence-corrected chi connectivity index (χ3v) is 3.28. The van der Waals surface area contributed by atoms with Crippen molar-refractivity contribution in [2.45, 2.75) is 0 Å². The maximum atomic E-state index is 12.2. The second-order valence-corrected chi connectivity index (χ2v) is 4.85. The molecule has 0 unspecified atom stereocenters. The van der Waals surface area contributed by atoms with Gasteiger partial charge in [-0.25, -0.2) is 0 Å². The van der Waals surface area contributed by atoms with Crippen LogP contribution in [0.3, 0.4) is 0 Å². The largest absolute Gasteiger partial charge is 0.508 e. The number of aromatic hydroxyl groups is 2. The molecule has 0 fully saturated rings. The van der Waals surface area contributed by atoms with E-state index in [-0.39, 0.29) is 29.1 Å². The van der Waals surface area contributed by atoms with Crippen LogP contribution in [0, 0.1) is 11.8 Å². The molecule has 0 aliphatic rings. The first-order chi connectivity index (χ1) is 11.1. The van der Waals surface area contributed by atoms with Gasteiger partial charge in [-0.2, -0.15) is 0 Å². The van der Waals surface area contributed by atoms with Gasteiger partial charge in [-0.15, -0.1) is 0 Å². The van der Waals surface area contributed by atoms with Gasteiger partial charge in [0.1, 0.15) is 34.8 Å². The highest BCUT2D eigenvalue weighted by molar-refractivity contribution is 5.86. The zero-order valence-corrected chi connectivity index (χ0v) is 11.9. The Labute approximate surface area is 131 Å². The molecule has 2 aromatic carbocycles. The highest BCUT2D eigenvalue weighted by Crippen LogP contribution is 2.30. The van der Waals surface area contributed by atoms with Gasteiger partial charge >= 0.3 is 0 Å². The number of phenols is 2. The van der Waals surface area contributed by atoms with Gasteiger partial charge in [-0.05, 0) is 24.3 Å². The highest BCUT2D eigenvalue weighted by atomic mass is 16.3. The highest BCUT2D eigenvalue weighted by Gasteiger charge is 2.12. The molecule has 114 valence electrons. The number of phenolic OH excluding ortho intramolecular Hbond substituents is 2. The molecule has 3 aromatic rings. The molecule has 0 saturated carbocycles. The van der Waals surface area contributed by atoms with Gasteiger partial charge < -0.3 is 19.7 Å². The first-order valence-electron chi connectivity index (χ1n) is 6.78. The average Bonchev–Trinajstić information content (AvgIpc) is 2.52. The van der Waals surface area contributed by atoms with Crippen LogP contribution in [0.15, 0.2) is 51.7 Å². The fourth-order valence-electron chi connectivity index (χ4n) is 2.26. The van der Waals surface area contributed by atoms with E-state index in [1.807, 2.05) is 0 Å². The lowest BCUT2D eigenvalue weighted by Gasteiger charge is -2.05. The maximum Gasteiger partial charge on any atom is 0.197 e. The van der Waals surface area contributed by atoms with Crippen LogP contribution in [0.2, 0.25) is 0 Å². The summed E-state index contributed by atoms with van der Waals surface area (Å²) in [6.45, 7) is -0.214. The van der Waals surface area contributed by atoms with E-state index in [9.17, 15) is 15.0 Å². The molecule has 3 rings (SSSR count). The fourth-order valence-corrected chi connectivity index (χ4v) is 2.26. The van der Waals surface area contributed by atoms with Crippen LogP contribution in [0.25, 0.3) is 22.3 Å². The Balaban J connectivity index is 2.12. The minimum Gasteiger partial charge on any atom is -0.508 e. The van der Waals surface area contributed by atoms with E-state index < -0.39 is 5.43 Å². The third kappa shape index (κ3) is 2.89. The lowest BCUT2D eigenvalue weighted by molar-refractivity contribution is 0.350. The van der Waals surface area contributed by atoms with E-state index >= 15 is 0 Å². The van der Waals surface area contributed by atoms with Crippen LogP contribution in [0.5, 0.6) is 11.5 Å². The topological polar surface area (TPSA) is 90.9 Å². The van der Waals surface area contributed by atoms with Crippen molar-refractivity contribution in [3.05, 3.63) is 58.3 Å². The number of rotatable bonds is 1. The summed E-state index contributed by atoms with van der Waals surface area (Å²) in [4.78, 5) is 12.2. The van der Waals surface area contributed by atoms with Crippen molar-refractivity contribution in [2.75, 3.05) is 6.61 Å². The van der Waals surface area contributed by atoms with Crippen LogP contribution < -0.4 is 5.43 Å². The Bertz CT molecular complexity index is 988. The van der Waals surface area contributed by atoms with Gasteiger partial charge in [0.05, 0.1) is 0 Å². The van der Waals surface area contributed by atoms with Crippen LogP contribution >= 0.6 is 0 Å². The van der Waals surface area contributed by atoms with Gasteiger partial charge in [-0.3, -0.25) is 4.79 Å². The van der Waals surface area contributed by atoms with Crippen molar-refractivity contribution < 1.29 is 19.7 Å². The van der Waals surface area contributed by atoms with E-state index in [2.05, 4.69) is 11.8 Å². The maximum absolute atomic E-state index is 12.2. The van der Waals surface area contributed by atoms with Crippen molar-refractivity contribution in [1.29, 1.82) is 0 Å². The Hall–Kier alpha value is -3.23. The molecule has 0 bridgehead atoms. The van der Waals surface area contributed by atoms with Crippen LogP contribution in [-0.4, -0.2) is 21.9 Å². The quantitative estimate of drug-likeness (QED) is 0.600. The number of hydrogen-bond donors (Lipinski definition) is 3. The minimum atomic E-state index is -0.400. The molecule has 0 atom stereocenters. The second-order valence-electron chi connectivity index (χ2n) is 4.85. The van der Waals surface area contributed by atoms with Gasteiger partial charge in [0.25, 0.3) is 0 Å². The molecule has 0 radical (unpaired) electrons. The summed E-state index contributed by atoms with van der Waals surface area (Å²) in [6.07, 6.45) is 0. The molecule has 1 heterocycles. The van der Waals surface area contributed by atoms with Crippen LogP contribution in [-0.2, 0) is 0 Å². The van der Waals surface area contributed by atoms with Crippen molar-refractivity contribution in [3.8, 4) is 34.7 Å². The predicted octanol–water partition coefficient (Wildman–Crippen LogP) is 2.22. The summed E-state index contributed by atoms with van der Waals surface area (Å²) >= 11 is 0. The standard InChI is InChI=1S/C18H12O5/c19-7-1-2-11-3-5-12(6-4-11)16-10-15(22)18-14(21)8-13(20)9-17(18)23-16/h3-6,8-10,19-21H,7H2. The zero-order valence-electron chi connectivity index (χ0n) is 11.9. The fraction of sp³-hybridized carbons (Fsp3) is 0.0556. The Morgan fingerprint density at radius 2 is 1.78 bits per heavy atom. The van der Waals surface area contributed by atoms with Crippen LogP contribution in [0.4, 0.5) is 0 Å². The molecule has 5 nitrogen and oxygen atoms in total. The van der Waals surface area contributed by atoms with Crippen molar-refractivity contribution in [3.63, 3.8) is 0 Å². The van der Waals surface area contributed by atoms with E-state index in [1.54, 1.807) is 24.3 Å². The summed E-state index contributed by atoms with van der Waals surface area (Å²) in [5, 5.41) is 28.0. The zero-order chi connectivity index (χ0) is 16.4. The van der Waals surface area contributed by atoms with Crippen molar-refractivity contribution in [2.24, 2.45) is 0 Å². The minimum absolute atomic E-state index is 0.0250. The molecule has 0 saturated heterocycles. The monoisotopic (exact) mass is 308 g/mol. The summed E-state index contributed by atoms with van der Waals surface area (Å²) in [6, 6.07) is 10.6. The van der Waals surface area contributed by atoms with Crippen molar-refractivity contribution >= 4 is 11.0 Å². The SMILES string of the molecule is O=c1cc(-c2ccc(C#CCO)cc2)oc2cc(O)cc(O)c12. The first-order valence-corrected chi connectivity index (χ1v) is 6.78. The molecular weight excluding hydrogens is 296 g/mol. The summed E-state index contributed by atoms with van der Waals surface area (Å²) in [5.74, 6) is 5.12. The normalized spacial score (nSPS) is 10.3. The van der Waals surface area contributed by atoms with E-state index in [1.165, 1.54) is 12.1 Å². The predicted molar refractivity (Wildman–Crippen MR) is 85.2 cm³/mol. The molecule has 1 aromatic heterocycles. The Morgan fingerprint density at radius 1 is 1.04 bits per heavy atom. The van der Waals surface area contributed by atoms with Gasteiger partial charge in [0.15, 0.2) is 5.43 Å². The molecule has 0 spiro atoms. The number of hydrogen-bond acceptors (Lipinski definition) is 5. The molecule has 0 amide bonds. The van der Waals surface area contributed by atoms with E-state index in [0.29, 0.717) is 11.3 Å². The van der Waals surface area contributed by atoms with E-state index in [0.717, 1.165) is 11.6 Å². The van der Waals surface area contributed by atoms with Gasteiger partial charge in [0.2, 0.25) is 0 Å². The first kappa shape index (κ1) is 14.7. The van der Waals surface area contributed by atoms with Crippen molar-refractivity contribution in [1.82, 2.24) is 0 Å². The number of aliphatic hydroxyl groups excluding tert-OH is 1. The summed E-state index contributed by atoms with van der Waals surface area (Å²) in [5.41, 5.74) is 1.08. The summed E-state index contributed by atoms with van der Waals surface area (Å²) in [7, 11) is 0. The molecular formula is C18H12O5. The smallest absolute Gasteiger partial charge is 0.197 e. The van der Waals surface area contributed by atoms with Crippen LogP contribution in [0.1, 0.15) is 5.56 Å². The third-order valence-electron chi connectivity index (χ3n) is 3.28. The lowest BCUT2D eigenvalue weighted by Crippen LogP contribution is -2.00. The Morgan fingerprint density at radius 3 is 2.48 bits per heavy atom. The van der Waals surface area contributed by atoms with Gasteiger partial charge in [0, 0.05) is 29.3 Å². The summed E-state index contributed by atoms with van der Waals surface area (Å²) < 4.78 is 5.62. The molecule has 5 heteroatoms. The number of fused-ring (bicyclic) bond motifs is 1. The molecule has 0 aliphatic carbocycles.